The van der Waals surface area contributed by atoms with Gasteiger partial charge < -0.3 is 14.1 Å². The summed E-state index contributed by atoms with van der Waals surface area (Å²) in [6.07, 6.45) is 1.89. The summed E-state index contributed by atoms with van der Waals surface area (Å²) in [6.45, 7) is 0.646. The Bertz CT molecular complexity index is 920. The van der Waals surface area contributed by atoms with E-state index in [1.54, 1.807) is 18.1 Å². The van der Waals surface area contributed by atoms with Crippen LogP contribution in [0.4, 0.5) is 5.69 Å². The molecular weight excluding hydrogens is 318 g/mol. The smallest absolute Gasteiger partial charge is 0.315 e. The molecule has 0 saturated carbocycles. The Morgan fingerprint density at radius 2 is 2.04 bits per heavy atom. The molecule has 126 valence electrons. The molecule has 0 unspecified atom stereocenters. The Labute approximate surface area is 145 Å². The number of anilines is 1. The summed E-state index contributed by atoms with van der Waals surface area (Å²) >= 11 is 0. The van der Waals surface area contributed by atoms with Gasteiger partial charge in [0.05, 0.1) is 7.11 Å². The molecule has 0 aliphatic carbocycles. The van der Waals surface area contributed by atoms with Gasteiger partial charge in [0, 0.05) is 17.8 Å². The van der Waals surface area contributed by atoms with Crippen molar-refractivity contribution in [1.29, 1.82) is 0 Å². The number of carbonyl (C=O) groups excluding carboxylic acids is 1. The number of nitrogens with zero attached hydrogens (tertiary/aromatic N) is 3. The summed E-state index contributed by atoms with van der Waals surface area (Å²) in [5.41, 5.74) is 2.79. The molecule has 3 aromatic rings. The monoisotopic (exact) mass is 335 g/mol. The minimum atomic E-state index is -0.270. The van der Waals surface area contributed by atoms with E-state index >= 15 is 0 Å². The summed E-state index contributed by atoms with van der Waals surface area (Å²) < 4.78 is 10.8. The van der Waals surface area contributed by atoms with Crippen LogP contribution in [-0.4, -0.2) is 29.8 Å². The number of hydrogen-bond acceptors (Lipinski definition) is 5. The van der Waals surface area contributed by atoms with Crippen LogP contribution in [-0.2, 0) is 6.42 Å². The van der Waals surface area contributed by atoms with Crippen LogP contribution in [0.2, 0.25) is 0 Å². The van der Waals surface area contributed by atoms with E-state index in [4.69, 9.17) is 9.15 Å². The fraction of sp³-hybridized carbons (Fsp3) is 0.211. The van der Waals surface area contributed by atoms with Gasteiger partial charge in [0.1, 0.15) is 5.75 Å². The van der Waals surface area contributed by atoms with Gasteiger partial charge in [-0.3, -0.25) is 4.79 Å². The van der Waals surface area contributed by atoms with Crippen molar-refractivity contribution in [3.8, 4) is 17.2 Å². The van der Waals surface area contributed by atoms with Crippen LogP contribution in [0.5, 0.6) is 5.75 Å². The molecule has 6 nitrogen and oxygen atoms in total. The number of amides is 1. The molecule has 0 bridgehead atoms. The molecule has 1 aliphatic heterocycles. The molecule has 0 fully saturated rings. The highest BCUT2D eigenvalue weighted by molar-refractivity contribution is 6.03. The molecule has 6 heteroatoms. The molecule has 2 heterocycles. The van der Waals surface area contributed by atoms with E-state index in [9.17, 15) is 4.79 Å². The number of carbonyl (C=O) groups is 1. The van der Waals surface area contributed by atoms with Crippen molar-refractivity contribution in [2.75, 3.05) is 18.6 Å². The molecule has 25 heavy (non-hydrogen) atoms. The van der Waals surface area contributed by atoms with Crippen molar-refractivity contribution < 1.29 is 13.9 Å². The second-order valence-electron chi connectivity index (χ2n) is 5.83. The average molecular weight is 335 g/mol. The number of aryl methyl sites for hydroxylation is 1. The zero-order valence-electron chi connectivity index (χ0n) is 13.8. The van der Waals surface area contributed by atoms with E-state index in [-0.39, 0.29) is 11.8 Å². The third-order valence-electron chi connectivity index (χ3n) is 4.28. The van der Waals surface area contributed by atoms with Gasteiger partial charge in [-0.1, -0.05) is 24.3 Å². The average Bonchev–Trinajstić information content (AvgIpc) is 3.17. The lowest BCUT2D eigenvalue weighted by Gasteiger charge is -2.28. The van der Waals surface area contributed by atoms with E-state index < -0.39 is 0 Å². The number of rotatable bonds is 3. The summed E-state index contributed by atoms with van der Waals surface area (Å²) in [4.78, 5) is 14.5. The van der Waals surface area contributed by atoms with Gasteiger partial charge in [0.25, 0.3) is 0 Å². The second kappa shape index (κ2) is 6.39. The molecule has 0 spiro atoms. The Morgan fingerprint density at radius 1 is 1.16 bits per heavy atom. The molecule has 1 aliphatic rings. The number of fused-ring (bicyclic) bond motifs is 1. The fourth-order valence-corrected chi connectivity index (χ4v) is 3.04. The number of aromatic nitrogens is 2. The van der Waals surface area contributed by atoms with E-state index in [0.717, 1.165) is 24.1 Å². The maximum atomic E-state index is 12.8. The quantitative estimate of drug-likeness (QED) is 0.734. The van der Waals surface area contributed by atoms with Crippen LogP contribution < -0.4 is 9.64 Å². The van der Waals surface area contributed by atoms with Crippen molar-refractivity contribution in [3.05, 3.63) is 60.0 Å². The lowest BCUT2D eigenvalue weighted by molar-refractivity contribution is 0.0952. The van der Waals surface area contributed by atoms with Gasteiger partial charge in [-0.05, 0) is 42.7 Å². The Hall–Kier alpha value is -3.15. The van der Waals surface area contributed by atoms with Gasteiger partial charge in [0.2, 0.25) is 5.89 Å². The minimum Gasteiger partial charge on any atom is -0.497 e. The molecule has 2 aromatic carbocycles. The molecule has 1 aromatic heterocycles. The zero-order chi connectivity index (χ0) is 17.2. The predicted molar refractivity (Wildman–Crippen MR) is 92.7 cm³/mol. The van der Waals surface area contributed by atoms with Gasteiger partial charge in [0.15, 0.2) is 0 Å². The third-order valence-corrected chi connectivity index (χ3v) is 4.28. The predicted octanol–water partition coefficient (Wildman–Crippen LogP) is 3.34. The first-order valence-corrected chi connectivity index (χ1v) is 8.14. The molecule has 0 N–H and O–H groups in total. The summed E-state index contributed by atoms with van der Waals surface area (Å²) in [7, 11) is 1.59. The van der Waals surface area contributed by atoms with E-state index in [1.165, 1.54) is 0 Å². The number of methoxy groups -OCH3 is 1. The van der Waals surface area contributed by atoms with E-state index in [2.05, 4.69) is 10.2 Å². The summed E-state index contributed by atoms with van der Waals surface area (Å²) in [6, 6.07) is 15.2. The standard InChI is InChI=1S/C19H17N3O3/c1-24-15-9-4-7-14(12-15)17-20-21-18(25-17)19(23)22-11-5-8-13-6-2-3-10-16(13)22/h2-4,6-7,9-10,12H,5,8,11H2,1H3. The van der Waals surface area contributed by atoms with Gasteiger partial charge in [-0.25, -0.2) is 0 Å². The normalized spacial score (nSPS) is 13.4. The maximum Gasteiger partial charge on any atom is 0.315 e. The van der Waals surface area contributed by atoms with Gasteiger partial charge in [-0.15, -0.1) is 10.2 Å². The zero-order valence-corrected chi connectivity index (χ0v) is 13.8. The van der Waals surface area contributed by atoms with Crippen molar-refractivity contribution in [2.24, 2.45) is 0 Å². The Balaban J connectivity index is 1.63. The minimum absolute atomic E-state index is 0.00507. The topological polar surface area (TPSA) is 68.5 Å². The van der Waals surface area contributed by atoms with Crippen LogP contribution in [0, 0.1) is 0 Å². The van der Waals surface area contributed by atoms with Crippen molar-refractivity contribution in [1.82, 2.24) is 10.2 Å². The fourth-order valence-electron chi connectivity index (χ4n) is 3.04. The highest BCUT2D eigenvalue weighted by Gasteiger charge is 2.27. The molecule has 1 amide bonds. The Morgan fingerprint density at radius 3 is 2.92 bits per heavy atom. The van der Waals surface area contributed by atoms with E-state index in [1.807, 2.05) is 42.5 Å². The first kappa shape index (κ1) is 15.4. The SMILES string of the molecule is COc1cccc(-c2nnc(C(=O)N3CCCc4ccccc43)o2)c1. The summed E-state index contributed by atoms with van der Waals surface area (Å²) in [5, 5.41) is 7.96. The second-order valence-corrected chi connectivity index (χ2v) is 5.83. The lowest BCUT2D eigenvalue weighted by Crippen LogP contribution is -2.35. The summed E-state index contributed by atoms with van der Waals surface area (Å²) in [5.74, 6) is 0.712. The van der Waals surface area contributed by atoms with Crippen LogP contribution in [0.15, 0.2) is 52.9 Å². The molecule has 0 radical (unpaired) electrons. The first-order chi connectivity index (χ1) is 12.3. The van der Waals surface area contributed by atoms with Crippen molar-refractivity contribution in [2.45, 2.75) is 12.8 Å². The van der Waals surface area contributed by atoms with Gasteiger partial charge in [-0.2, -0.15) is 0 Å². The molecule has 0 saturated heterocycles. The highest BCUT2D eigenvalue weighted by Crippen LogP contribution is 2.29. The van der Waals surface area contributed by atoms with Crippen molar-refractivity contribution >= 4 is 11.6 Å². The Kier molecular flexibility index (Phi) is 3.93. The highest BCUT2D eigenvalue weighted by atomic mass is 16.5. The van der Waals surface area contributed by atoms with Crippen LogP contribution in [0.25, 0.3) is 11.5 Å². The number of para-hydroxylation sites is 1. The van der Waals surface area contributed by atoms with E-state index in [0.29, 0.717) is 23.7 Å². The number of ether oxygens (including phenoxy) is 1. The van der Waals surface area contributed by atoms with Crippen LogP contribution in [0.3, 0.4) is 0 Å². The lowest BCUT2D eigenvalue weighted by atomic mass is 10.0. The molecule has 4 rings (SSSR count). The third kappa shape index (κ3) is 2.87. The largest absolute Gasteiger partial charge is 0.497 e. The number of hydrogen-bond donors (Lipinski definition) is 0. The number of benzene rings is 2. The molecular formula is C19H17N3O3. The van der Waals surface area contributed by atoms with Gasteiger partial charge >= 0.3 is 11.8 Å². The molecule has 0 atom stereocenters. The maximum absolute atomic E-state index is 12.8. The van der Waals surface area contributed by atoms with Crippen LogP contribution in [0.1, 0.15) is 22.7 Å². The first-order valence-electron chi connectivity index (χ1n) is 8.14. The van der Waals surface area contributed by atoms with Crippen molar-refractivity contribution in [3.63, 3.8) is 0 Å². The van der Waals surface area contributed by atoms with Crippen LogP contribution >= 0.6 is 0 Å².